The number of rotatable bonds is 6. The maximum atomic E-state index is 15.0. The van der Waals surface area contributed by atoms with Crippen molar-refractivity contribution in [2.75, 3.05) is 14.2 Å². The predicted molar refractivity (Wildman–Crippen MR) is 100 cm³/mol. The van der Waals surface area contributed by atoms with Gasteiger partial charge in [-0.3, -0.25) is 0 Å². The van der Waals surface area contributed by atoms with Gasteiger partial charge in [-0.1, -0.05) is 0 Å². The van der Waals surface area contributed by atoms with E-state index in [2.05, 4.69) is 15.0 Å². The number of pyridine rings is 1. The van der Waals surface area contributed by atoms with Crippen molar-refractivity contribution in [3.63, 3.8) is 0 Å². The van der Waals surface area contributed by atoms with E-state index in [9.17, 15) is 22.0 Å². The maximum Gasteiger partial charge on any atom is 0.374 e. The van der Waals surface area contributed by atoms with Gasteiger partial charge in [-0.2, -0.15) is 12.8 Å². The fraction of sp³-hybridized carbons (Fsp3) is 0.176. The first-order valence-electron chi connectivity index (χ1n) is 7.90. The van der Waals surface area contributed by atoms with Crippen LogP contribution in [0.1, 0.15) is 16.1 Å². The average Bonchev–Trinajstić information content (AvgIpc) is 3.29. The monoisotopic (exact) mass is 447 g/mol. The van der Waals surface area contributed by atoms with Gasteiger partial charge in [-0.05, 0) is 31.3 Å². The Morgan fingerprint density at radius 2 is 2.03 bits per heavy atom. The number of ether oxygens (including phenoxy) is 1. The zero-order valence-electron chi connectivity index (χ0n) is 15.2. The number of hydrogen-bond acceptors (Lipinski definition) is 7. The lowest BCUT2D eigenvalue weighted by molar-refractivity contribution is 0.0559. The van der Waals surface area contributed by atoms with E-state index in [1.54, 1.807) is 7.05 Å². The van der Waals surface area contributed by atoms with E-state index in [1.807, 2.05) is 0 Å². The second-order valence-corrected chi connectivity index (χ2v) is 7.35. The molecule has 0 spiro atoms. The number of carbonyl (C=O) groups excluding carboxylic acids is 1. The molecule has 0 aromatic carbocycles. The Morgan fingerprint density at radius 1 is 1.31 bits per heavy atom. The highest BCUT2D eigenvalue weighted by Gasteiger charge is 2.31. The quantitative estimate of drug-likeness (QED) is 0.457. The highest BCUT2D eigenvalue weighted by molar-refractivity contribution is 7.89. The van der Waals surface area contributed by atoms with Crippen LogP contribution in [0.2, 0.25) is 0 Å². The number of esters is 1. The average molecular weight is 448 g/mol. The van der Waals surface area contributed by atoms with Gasteiger partial charge < -0.3 is 14.5 Å². The van der Waals surface area contributed by atoms with E-state index in [4.69, 9.17) is 4.42 Å². The van der Waals surface area contributed by atoms with Crippen LogP contribution >= 0.6 is 12.4 Å². The summed E-state index contributed by atoms with van der Waals surface area (Å²) in [6.07, 6.45) is 2.17. The molecule has 0 saturated heterocycles. The molecule has 0 amide bonds. The molecule has 0 atom stereocenters. The molecular weight excluding hydrogens is 432 g/mol. The third-order valence-electron chi connectivity index (χ3n) is 3.85. The van der Waals surface area contributed by atoms with E-state index in [0.717, 1.165) is 31.6 Å². The molecule has 29 heavy (non-hydrogen) atoms. The number of carbonyl (C=O) groups is 1. The Balaban J connectivity index is 0.00000300. The molecule has 3 heterocycles. The van der Waals surface area contributed by atoms with Crippen LogP contribution in [-0.2, 0) is 21.3 Å². The summed E-state index contributed by atoms with van der Waals surface area (Å²) in [5.41, 5.74) is -0.887. The van der Waals surface area contributed by atoms with E-state index in [-0.39, 0.29) is 35.8 Å². The lowest BCUT2D eigenvalue weighted by atomic mass is 10.2. The Morgan fingerprint density at radius 3 is 2.66 bits per heavy atom. The number of nitrogens with zero attached hydrogens (tertiary/aromatic N) is 2. The van der Waals surface area contributed by atoms with E-state index >= 15 is 0 Å². The molecular formula is C17H16ClF2N3O5S. The summed E-state index contributed by atoms with van der Waals surface area (Å²) in [5.74, 6) is -3.20. The van der Waals surface area contributed by atoms with Crippen molar-refractivity contribution in [1.82, 2.24) is 14.3 Å². The summed E-state index contributed by atoms with van der Waals surface area (Å²) in [4.78, 5) is 15.0. The molecule has 3 rings (SSSR count). The standard InChI is InChI=1S/C17H15F2N3O5S.ClH/c1-20-8-10-9-22(15(14(10)18)11-4-3-7-21-16(11)19)28(24,25)13-6-5-12(27-13)17(23)26-2;/h3-7,9,20H,8H2,1-2H3;1H. The van der Waals surface area contributed by atoms with Crippen molar-refractivity contribution >= 4 is 28.4 Å². The summed E-state index contributed by atoms with van der Waals surface area (Å²) >= 11 is 0. The van der Waals surface area contributed by atoms with Crippen LogP contribution < -0.4 is 5.32 Å². The second-order valence-electron chi connectivity index (χ2n) is 5.60. The highest BCUT2D eigenvalue weighted by Crippen LogP contribution is 2.32. The van der Waals surface area contributed by atoms with Crippen molar-refractivity contribution in [3.05, 3.63) is 59.7 Å². The lowest BCUT2D eigenvalue weighted by Gasteiger charge is -2.09. The fourth-order valence-electron chi connectivity index (χ4n) is 2.58. The smallest absolute Gasteiger partial charge is 0.374 e. The molecule has 0 aliphatic heterocycles. The predicted octanol–water partition coefficient (Wildman–Crippen LogP) is 2.59. The number of aromatic nitrogens is 2. The van der Waals surface area contributed by atoms with Crippen LogP contribution in [0.4, 0.5) is 8.78 Å². The molecule has 156 valence electrons. The first-order chi connectivity index (χ1) is 13.3. The molecule has 3 aromatic heterocycles. The summed E-state index contributed by atoms with van der Waals surface area (Å²) in [5, 5.41) is 2.07. The fourth-order valence-corrected chi connectivity index (χ4v) is 3.89. The molecule has 0 aliphatic carbocycles. The lowest BCUT2D eigenvalue weighted by Crippen LogP contribution is -2.13. The normalized spacial score (nSPS) is 11.2. The van der Waals surface area contributed by atoms with Gasteiger partial charge in [0.1, 0.15) is 5.69 Å². The third kappa shape index (κ3) is 4.02. The molecule has 0 saturated carbocycles. The molecule has 0 bridgehead atoms. The molecule has 12 heteroatoms. The summed E-state index contributed by atoms with van der Waals surface area (Å²) in [7, 11) is -1.84. The number of furan rings is 1. The summed E-state index contributed by atoms with van der Waals surface area (Å²) in [6, 6.07) is 4.69. The molecule has 0 radical (unpaired) electrons. The maximum absolute atomic E-state index is 15.0. The van der Waals surface area contributed by atoms with Crippen LogP contribution in [0.25, 0.3) is 11.3 Å². The van der Waals surface area contributed by atoms with Crippen LogP contribution in [0.15, 0.2) is 46.2 Å². The Labute approximate surface area is 171 Å². The zero-order chi connectivity index (χ0) is 20.5. The number of methoxy groups -OCH3 is 1. The van der Waals surface area contributed by atoms with Gasteiger partial charge >= 0.3 is 16.0 Å². The summed E-state index contributed by atoms with van der Waals surface area (Å²) in [6.45, 7) is -0.00516. The molecule has 0 aliphatic rings. The first-order valence-corrected chi connectivity index (χ1v) is 9.34. The Hall–Kier alpha value is -2.76. The molecule has 1 N–H and O–H groups in total. The van der Waals surface area contributed by atoms with Gasteiger partial charge in [-0.25, -0.2) is 18.1 Å². The van der Waals surface area contributed by atoms with Gasteiger partial charge in [0.2, 0.25) is 16.8 Å². The molecule has 8 nitrogen and oxygen atoms in total. The largest absolute Gasteiger partial charge is 0.463 e. The van der Waals surface area contributed by atoms with Gasteiger partial charge in [0.15, 0.2) is 5.82 Å². The van der Waals surface area contributed by atoms with Crippen LogP contribution in [-0.4, -0.2) is 37.5 Å². The van der Waals surface area contributed by atoms with Crippen LogP contribution in [0.5, 0.6) is 0 Å². The molecule has 3 aromatic rings. The molecule has 0 unspecified atom stereocenters. The van der Waals surface area contributed by atoms with E-state index in [1.165, 1.54) is 12.1 Å². The van der Waals surface area contributed by atoms with Gasteiger partial charge in [-0.15, -0.1) is 12.4 Å². The zero-order valence-corrected chi connectivity index (χ0v) is 16.8. The van der Waals surface area contributed by atoms with Crippen molar-refractivity contribution in [2.45, 2.75) is 11.6 Å². The number of hydrogen-bond donors (Lipinski definition) is 1. The van der Waals surface area contributed by atoms with E-state index < -0.39 is 38.5 Å². The Bertz CT molecular complexity index is 1140. The minimum absolute atomic E-state index is 0. The number of halogens is 3. The van der Waals surface area contributed by atoms with Crippen molar-refractivity contribution < 1.29 is 31.1 Å². The summed E-state index contributed by atoms with van der Waals surface area (Å²) < 4.78 is 65.3. The van der Waals surface area contributed by atoms with Crippen molar-refractivity contribution in [3.8, 4) is 11.3 Å². The van der Waals surface area contributed by atoms with Crippen molar-refractivity contribution in [1.29, 1.82) is 0 Å². The topological polar surface area (TPSA) is 103 Å². The van der Waals surface area contributed by atoms with Crippen LogP contribution in [0, 0.1) is 11.8 Å². The van der Waals surface area contributed by atoms with Crippen molar-refractivity contribution in [2.24, 2.45) is 0 Å². The third-order valence-corrected chi connectivity index (χ3v) is 5.38. The molecule has 0 fully saturated rings. The van der Waals surface area contributed by atoms with E-state index in [0.29, 0.717) is 3.97 Å². The van der Waals surface area contributed by atoms with Gasteiger partial charge in [0.25, 0.3) is 0 Å². The SMILES string of the molecule is CNCc1cn(S(=O)(=O)c2ccc(C(=O)OC)o2)c(-c2cccnc2F)c1F.Cl. The minimum atomic E-state index is -4.50. The second kappa shape index (κ2) is 8.72. The minimum Gasteiger partial charge on any atom is -0.463 e. The van der Waals surface area contributed by atoms with Gasteiger partial charge in [0, 0.05) is 24.5 Å². The highest BCUT2D eigenvalue weighted by atomic mass is 35.5. The van der Waals surface area contributed by atoms with Crippen LogP contribution in [0.3, 0.4) is 0 Å². The van der Waals surface area contributed by atoms with Gasteiger partial charge in [0.05, 0.1) is 12.7 Å². The first kappa shape index (κ1) is 22.5. The number of nitrogens with one attached hydrogen (secondary N) is 1. The Kier molecular flexibility index (Phi) is 6.77.